The fourth-order valence-corrected chi connectivity index (χ4v) is 4.55. The Morgan fingerprint density at radius 3 is 2.61 bits per heavy atom. The Balaban J connectivity index is 1.53. The van der Waals surface area contributed by atoms with Crippen LogP contribution < -0.4 is 9.64 Å². The second-order valence-electron chi connectivity index (χ2n) is 7.67. The first kappa shape index (κ1) is 17.0. The van der Waals surface area contributed by atoms with Gasteiger partial charge in [-0.25, -0.2) is 0 Å². The van der Waals surface area contributed by atoms with E-state index in [-0.39, 0.29) is 5.78 Å². The number of fused-ring (bicyclic) bond motifs is 2. The Kier molecular flexibility index (Phi) is 3.93. The molecule has 3 aromatic rings. The molecule has 0 N–H and O–H groups in total. The number of anilines is 1. The number of hydrogen-bond acceptors (Lipinski definition) is 4. The monoisotopic (exact) mass is 370 g/mol. The van der Waals surface area contributed by atoms with Gasteiger partial charge < -0.3 is 9.64 Å². The van der Waals surface area contributed by atoms with Gasteiger partial charge in [0, 0.05) is 19.3 Å². The van der Waals surface area contributed by atoms with E-state index in [0.717, 1.165) is 36.5 Å². The second kappa shape index (κ2) is 6.48. The Morgan fingerprint density at radius 1 is 1.07 bits per heavy atom. The third kappa shape index (κ3) is 2.60. The van der Waals surface area contributed by atoms with Crippen LogP contribution in [0.25, 0.3) is 0 Å². The summed E-state index contributed by atoms with van der Waals surface area (Å²) in [6, 6.07) is 22.3. The molecule has 0 radical (unpaired) electrons. The molecule has 2 atom stereocenters. The Hall–Kier alpha value is -3.14. The molecule has 140 valence electrons. The van der Waals surface area contributed by atoms with Crippen LogP contribution in [0.15, 0.2) is 72.9 Å². The molecule has 1 aromatic heterocycles. The van der Waals surface area contributed by atoms with Gasteiger partial charge in [0.1, 0.15) is 11.4 Å². The zero-order valence-electron chi connectivity index (χ0n) is 15.8. The Labute approximate surface area is 164 Å². The number of benzene rings is 2. The van der Waals surface area contributed by atoms with E-state index in [9.17, 15) is 4.79 Å². The maximum Gasteiger partial charge on any atom is 0.194 e. The van der Waals surface area contributed by atoms with Crippen molar-refractivity contribution < 1.29 is 9.53 Å². The fraction of sp³-hybridized carbons (Fsp3) is 0.250. The van der Waals surface area contributed by atoms with Crippen molar-refractivity contribution in [2.75, 3.05) is 18.6 Å². The largest absolute Gasteiger partial charge is 0.497 e. The highest BCUT2D eigenvalue weighted by atomic mass is 16.5. The number of methoxy groups -OCH3 is 1. The predicted octanol–water partition coefficient (Wildman–Crippen LogP) is 4.25. The number of pyridine rings is 1. The maximum absolute atomic E-state index is 13.6. The molecule has 28 heavy (non-hydrogen) atoms. The zero-order chi connectivity index (χ0) is 19.1. The summed E-state index contributed by atoms with van der Waals surface area (Å²) in [5.74, 6) is 1.33. The molecule has 4 heteroatoms. The number of ether oxygens (including phenoxy) is 1. The van der Waals surface area contributed by atoms with Crippen molar-refractivity contribution in [3.8, 4) is 5.75 Å². The summed E-state index contributed by atoms with van der Waals surface area (Å²) in [5, 5.41) is 0. The summed E-state index contributed by atoms with van der Waals surface area (Å²) in [7, 11) is 1.67. The molecule has 0 amide bonds. The van der Waals surface area contributed by atoms with Gasteiger partial charge in [0.15, 0.2) is 5.78 Å². The summed E-state index contributed by atoms with van der Waals surface area (Å²) in [6.45, 7) is 1.60. The van der Waals surface area contributed by atoms with E-state index in [1.54, 1.807) is 13.3 Å². The van der Waals surface area contributed by atoms with Gasteiger partial charge >= 0.3 is 0 Å². The second-order valence-corrected chi connectivity index (χ2v) is 7.67. The van der Waals surface area contributed by atoms with E-state index in [4.69, 9.17) is 4.74 Å². The minimum atomic E-state index is -0.418. The van der Waals surface area contributed by atoms with Crippen molar-refractivity contribution in [2.24, 2.45) is 5.92 Å². The molecule has 0 saturated heterocycles. The minimum absolute atomic E-state index is 0.163. The lowest BCUT2D eigenvalue weighted by Crippen LogP contribution is -2.26. The molecule has 2 aliphatic rings. The lowest BCUT2D eigenvalue weighted by molar-refractivity contribution is 0.0936. The highest BCUT2D eigenvalue weighted by molar-refractivity contribution is 6.09. The average molecular weight is 370 g/mol. The van der Waals surface area contributed by atoms with Gasteiger partial charge in [0.2, 0.25) is 0 Å². The van der Waals surface area contributed by atoms with Crippen LogP contribution in [0, 0.1) is 5.92 Å². The molecule has 1 aliphatic carbocycles. The number of hydrogen-bond donors (Lipinski definition) is 0. The topological polar surface area (TPSA) is 42.4 Å². The van der Waals surface area contributed by atoms with E-state index in [0.29, 0.717) is 11.6 Å². The molecule has 0 unspecified atom stereocenters. The standard InChI is InChI=1S/C24H22N2O2/c1-28-20-11-9-17(10-12-20)15-26-16-19-14-24(19,18-6-3-2-4-7-18)23(27)22-21(26)8-5-13-25-22/h2-13,19H,14-16H2,1H3/t19-,24+/m0/s1. The van der Waals surface area contributed by atoms with Gasteiger partial charge in [0.05, 0.1) is 18.2 Å². The van der Waals surface area contributed by atoms with Crippen molar-refractivity contribution in [3.05, 3.63) is 89.7 Å². The summed E-state index contributed by atoms with van der Waals surface area (Å²) < 4.78 is 5.27. The quantitative estimate of drug-likeness (QED) is 0.689. The van der Waals surface area contributed by atoms with E-state index in [2.05, 4.69) is 34.1 Å². The van der Waals surface area contributed by atoms with Crippen molar-refractivity contribution in [1.29, 1.82) is 0 Å². The normalized spacial score (nSPS) is 22.8. The average Bonchev–Trinajstić information content (AvgIpc) is 3.49. The first-order valence-electron chi connectivity index (χ1n) is 9.65. The van der Waals surface area contributed by atoms with E-state index < -0.39 is 5.41 Å². The van der Waals surface area contributed by atoms with E-state index in [1.165, 1.54) is 5.56 Å². The Morgan fingerprint density at radius 2 is 1.86 bits per heavy atom. The SMILES string of the molecule is COc1ccc(CN2C[C@@H]3C[C@]3(c3ccccc3)C(=O)c3ncccc32)cc1. The molecule has 1 aliphatic heterocycles. The molecule has 2 heterocycles. The van der Waals surface area contributed by atoms with Crippen LogP contribution in [-0.4, -0.2) is 24.4 Å². The number of Topliss-reactive ketones (excluding diaryl/α,β-unsaturated/α-hetero) is 1. The molecule has 4 nitrogen and oxygen atoms in total. The van der Waals surface area contributed by atoms with Crippen LogP contribution in [0.1, 0.15) is 28.0 Å². The lowest BCUT2D eigenvalue weighted by atomic mass is 9.87. The predicted molar refractivity (Wildman–Crippen MR) is 109 cm³/mol. The number of ketones is 1. The van der Waals surface area contributed by atoms with Crippen LogP contribution >= 0.6 is 0 Å². The third-order valence-corrected chi connectivity index (χ3v) is 6.11. The smallest absolute Gasteiger partial charge is 0.194 e. The first-order chi connectivity index (χ1) is 13.7. The molecule has 5 rings (SSSR count). The number of rotatable bonds is 4. The highest BCUT2D eigenvalue weighted by Gasteiger charge is 2.63. The van der Waals surface area contributed by atoms with Crippen molar-refractivity contribution in [2.45, 2.75) is 18.4 Å². The first-order valence-corrected chi connectivity index (χ1v) is 9.65. The van der Waals surface area contributed by atoms with Crippen molar-refractivity contribution >= 4 is 11.5 Å². The summed E-state index contributed by atoms with van der Waals surface area (Å²) >= 11 is 0. The molecule has 1 saturated carbocycles. The van der Waals surface area contributed by atoms with Gasteiger partial charge in [-0.1, -0.05) is 42.5 Å². The van der Waals surface area contributed by atoms with Crippen LogP contribution in [0.4, 0.5) is 5.69 Å². The van der Waals surface area contributed by atoms with E-state index in [1.807, 2.05) is 42.5 Å². The van der Waals surface area contributed by atoms with Gasteiger partial charge in [-0.15, -0.1) is 0 Å². The molecular formula is C24H22N2O2. The Bertz CT molecular complexity index is 1020. The van der Waals surface area contributed by atoms with Crippen LogP contribution in [0.2, 0.25) is 0 Å². The summed E-state index contributed by atoms with van der Waals surface area (Å²) in [5.41, 5.74) is 3.42. The molecular weight excluding hydrogens is 348 g/mol. The molecule has 0 spiro atoms. The van der Waals surface area contributed by atoms with Gasteiger partial charge in [-0.05, 0) is 47.7 Å². The minimum Gasteiger partial charge on any atom is -0.497 e. The summed E-state index contributed by atoms with van der Waals surface area (Å²) in [6.07, 6.45) is 2.62. The molecule has 1 fully saturated rings. The van der Waals surface area contributed by atoms with Crippen molar-refractivity contribution in [1.82, 2.24) is 4.98 Å². The molecule has 0 bridgehead atoms. The van der Waals surface area contributed by atoms with Crippen LogP contribution in [0.3, 0.4) is 0 Å². The molecule has 2 aromatic carbocycles. The van der Waals surface area contributed by atoms with Crippen LogP contribution in [-0.2, 0) is 12.0 Å². The lowest BCUT2D eigenvalue weighted by Gasteiger charge is -2.25. The fourth-order valence-electron chi connectivity index (χ4n) is 4.55. The number of carbonyl (C=O) groups is 1. The number of carbonyl (C=O) groups excluding carboxylic acids is 1. The van der Waals surface area contributed by atoms with Crippen molar-refractivity contribution in [3.63, 3.8) is 0 Å². The number of aromatic nitrogens is 1. The van der Waals surface area contributed by atoms with Gasteiger partial charge in [0.25, 0.3) is 0 Å². The van der Waals surface area contributed by atoms with Gasteiger partial charge in [-0.3, -0.25) is 9.78 Å². The third-order valence-electron chi connectivity index (χ3n) is 6.11. The zero-order valence-corrected chi connectivity index (χ0v) is 15.8. The highest BCUT2D eigenvalue weighted by Crippen LogP contribution is 2.58. The van der Waals surface area contributed by atoms with Gasteiger partial charge in [-0.2, -0.15) is 0 Å². The van der Waals surface area contributed by atoms with E-state index >= 15 is 0 Å². The summed E-state index contributed by atoms with van der Waals surface area (Å²) in [4.78, 5) is 20.4. The van der Waals surface area contributed by atoms with Crippen LogP contribution in [0.5, 0.6) is 5.75 Å². The maximum atomic E-state index is 13.6. The number of nitrogens with zero attached hydrogens (tertiary/aromatic N) is 2.